The molecule has 0 N–H and O–H groups in total. The number of halogens is 2. The summed E-state index contributed by atoms with van der Waals surface area (Å²) in [5, 5.41) is 0. The summed E-state index contributed by atoms with van der Waals surface area (Å²) in [4.78, 5) is 0. The van der Waals surface area contributed by atoms with Gasteiger partial charge in [0.05, 0.1) is 0 Å². The Bertz CT molecular complexity index is 2030. The van der Waals surface area contributed by atoms with Crippen LogP contribution in [0.3, 0.4) is 0 Å². The van der Waals surface area contributed by atoms with Crippen molar-refractivity contribution in [2.24, 2.45) is 21.7 Å². The minimum absolute atomic E-state index is 0. The molecule has 0 aliphatic heterocycles. The van der Waals surface area contributed by atoms with Crippen molar-refractivity contribution in [1.29, 1.82) is 0 Å². The fourth-order valence-corrected chi connectivity index (χ4v) is 27.3. The van der Waals surface area contributed by atoms with Crippen LogP contribution in [0.25, 0.3) is 22.3 Å². The molecule has 4 atom stereocenters. The Kier molecular flexibility index (Phi) is 14.0. The van der Waals surface area contributed by atoms with E-state index in [2.05, 4.69) is 204 Å². The second kappa shape index (κ2) is 17.3. The van der Waals surface area contributed by atoms with Crippen LogP contribution < -0.4 is 0 Å². The molecule has 8 rings (SSSR count). The topological polar surface area (TPSA) is 0 Å². The molecule has 4 aliphatic carbocycles. The molecule has 0 aromatic heterocycles. The van der Waals surface area contributed by atoms with Crippen molar-refractivity contribution in [1.82, 2.24) is 0 Å². The van der Waals surface area contributed by atoms with Gasteiger partial charge < -0.3 is 0 Å². The van der Waals surface area contributed by atoms with Gasteiger partial charge in [-0.25, -0.2) is 0 Å². The van der Waals surface area contributed by atoms with Crippen molar-refractivity contribution in [2.75, 3.05) is 0 Å². The van der Waals surface area contributed by atoms with E-state index in [4.69, 9.17) is 8.52 Å². The molecule has 0 amide bonds. The summed E-state index contributed by atoms with van der Waals surface area (Å²) in [5.74, 6) is 0. The van der Waals surface area contributed by atoms with Crippen LogP contribution in [0.1, 0.15) is 142 Å². The molecule has 0 saturated heterocycles. The second-order valence-corrected chi connectivity index (χ2v) is 37.9. The molecule has 0 saturated carbocycles. The van der Waals surface area contributed by atoms with Crippen molar-refractivity contribution in [3.8, 4) is 0 Å². The SMILES string of the molecule is Cl.Cl.[CH2]=[Hf]([CH]1C=C(C(C)(C)C)c2ccccc21)[CH]1C=C(C(C)(C)C)c2ccccc21.[CH2]=[Hf]([CH]1C=C(C(C)(C)C)c2ccccc21)[CH]1C=C(C(C)(C)C)c2ccccc21. The van der Waals surface area contributed by atoms with E-state index in [0.29, 0.717) is 14.7 Å². The van der Waals surface area contributed by atoms with Crippen LogP contribution >= 0.6 is 24.8 Å². The Morgan fingerprint density at radius 2 is 0.500 bits per heavy atom. The predicted octanol–water partition coefficient (Wildman–Crippen LogP) is 15.7. The van der Waals surface area contributed by atoms with E-state index in [9.17, 15) is 0 Å². The van der Waals surface area contributed by atoms with Crippen LogP contribution in [0.5, 0.6) is 0 Å². The fourth-order valence-electron chi connectivity index (χ4n) is 9.67. The summed E-state index contributed by atoms with van der Waals surface area (Å²) in [6.45, 7) is 28.1. The zero-order valence-corrected chi connectivity index (χ0v) is 45.9. The molecule has 0 spiro atoms. The standard InChI is InChI=1S/4C13H15.2CH2.2ClH.2Hf/c4*1-13(2,3)12-9-8-10-6-4-5-7-11(10)12;;;;;;/h4*4-9H,1-3H3;2*1H2;2*1H;;. The molecule has 0 nitrogen and oxygen atoms in total. The van der Waals surface area contributed by atoms with Gasteiger partial charge in [0.25, 0.3) is 0 Å². The average Bonchev–Trinajstić information content (AvgIpc) is 3.91. The van der Waals surface area contributed by atoms with E-state index >= 15 is 0 Å². The maximum atomic E-state index is 4.96. The fraction of sp³-hybridized carbons (Fsp3) is 0.370. The Labute approximate surface area is 379 Å². The third kappa shape index (κ3) is 8.94. The van der Waals surface area contributed by atoms with Crippen LogP contribution in [-0.4, -0.2) is 8.52 Å². The molecule has 0 heterocycles. The summed E-state index contributed by atoms with van der Waals surface area (Å²) < 4.78 is 12.2. The van der Waals surface area contributed by atoms with Crippen molar-refractivity contribution in [2.45, 2.75) is 97.8 Å². The Morgan fingerprint density at radius 1 is 0.328 bits per heavy atom. The third-order valence-corrected chi connectivity index (χ3v) is 30.9. The first-order valence-electron chi connectivity index (χ1n) is 20.8. The van der Waals surface area contributed by atoms with Gasteiger partial charge in [-0.1, -0.05) is 0 Å². The molecule has 4 unspecified atom stereocenters. The molecule has 4 aromatic rings. The molecule has 4 aliphatic rings. The van der Waals surface area contributed by atoms with E-state index in [1.54, 1.807) is 22.3 Å². The second-order valence-electron chi connectivity index (χ2n) is 20.7. The number of hydrogen-bond acceptors (Lipinski definition) is 0. The molecule has 4 aromatic carbocycles. The van der Waals surface area contributed by atoms with Crippen LogP contribution in [0.4, 0.5) is 0 Å². The Morgan fingerprint density at radius 3 is 0.672 bits per heavy atom. The average molecular weight is 1140 g/mol. The van der Waals surface area contributed by atoms with Gasteiger partial charge in [0, 0.05) is 0 Å². The molecule has 304 valence electrons. The van der Waals surface area contributed by atoms with E-state index in [1.807, 2.05) is 0 Å². The maximum absolute atomic E-state index is 4.96. The van der Waals surface area contributed by atoms with Gasteiger partial charge in [0.1, 0.15) is 0 Å². The van der Waals surface area contributed by atoms with Gasteiger partial charge in [-0.2, -0.15) is 0 Å². The molecule has 0 radical (unpaired) electrons. The number of hydrogen-bond donors (Lipinski definition) is 0. The third-order valence-electron chi connectivity index (χ3n) is 12.5. The quantitative estimate of drug-likeness (QED) is 0.179. The molecule has 0 bridgehead atoms. The number of benzene rings is 4. The molecule has 4 heteroatoms. The van der Waals surface area contributed by atoms with Gasteiger partial charge in [-0.05, 0) is 0 Å². The van der Waals surface area contributed by atoms with Gasteiger partial charge in [0.2, 0.25) is 0 Å². The van der Waals surface area contributed by atoms with E-state index in [1.165, 1.54) is 44.5 Å². The van der Waals surface area contributed by atoms with Gasteiger partial charge in [-0.3, -0.25) is 0 Å². The molecule has 0 fully saturated rings. The van der Waals surface area contributed by atoms with Gasteiger partial charge >= 0.3 is 358 Å². The summed E-state index contributed by atoms with van der Waals surface area (Å²) in [6.07, 6.45) is 10.4. The minimum atomic E-state index is -2.30. The summed E-state index contributed by atoms with van der Waals surface area (Å²) in [6, 6.07) is 36.4. The van der Waals surface area contributed by atoms with Crippen LogP contribution in [0.15, 0.2) is 121 Å². The first-order valence-corrected chi connectivity index (χ1v) is 34.2. The number of fused-ring (bicyclic) bond motifs is 4. The van der Waals surface area contributed by atoms with Crippen molar-refractivity contribution < 1.29 is 41.9 Å². The van der Waals surface area contributed by atoms with Gasteiger partial charge in [0.15, 0.2) is 0 Å². The molecular formula is C54H66Cl2Hf2. The monoisotopic (exact) mass is 1140 g/mol. The zero-order valence-electron chi connectivity index (χ0n) is 37.1. The van der Waals surface area contributed by atoms with Crippen molar-refractivity contribution >= 4 is 55.6 Å². The predicted molar refractivity (Wildman–Crippen MR) is 255 cm³/mol. The van der Waals surface area contributed by atoms with Crippen LogP contribution in [-0.2, 0) is 41.9 Å². The first kappa shape index (κ1) is 47.0. The van der Waals surface area contributed by atoms with E-state index < -0.39 is 41.9 Å². The van der Waals surface area contributed by atoms with Crippen molar-refractivity contribution in [3.63, 3.8) is 0 Å². The molecule has 58 heavy (non-hydrogen) atoms. The Hall–Kier alpha value is -2.10. The zero-order chi connectivity index (χ0) is 40.5. The summed E-state index contributed by atoms with van der Waals surface area (Å²) >= 11 is -4.61. The summed E-state index contributed by atoms with van der Waals surface area (Å²) in [5.41, 5.74) is 18.8. The van der Waals surface area contributed by atoms with E-state index in [-0.39, 0.29) is 46.5 Å². The number of allylic oxidation sites excluding steroid dienone is 8. The van der Waals surface area contributed by atoms with Crippen molar-refractivity contribution in [3.05, 3.63) is 166 Å². The van der Waals surface area contributed by atoms with E-state index in [0.717, 1.165) is 0 Å². The van der Waals surface area contributed by atoms with Gasteiger partial charge in [-0.15, -0.1) is 24.8 Å². The Balaban J connectivity index is 0.000000214. The normalized spacial score (nSPS) is 20.3. The van der Waals surface area contributed by atoms with Crippen LogP contribution in [0.2, 0.25) is 0 Å². The summed E-state index contributed by atoms with van der Waals surface area (Å²) in [7, 11) is 0. The first-order chi connectivity index (χ1) is 26.2. The van der Waals surface area contributed by atoms with Crippen LogP contribution in [0, 0.1) is 21.7 Å². The number of rotatable bonds is 4. The molecular weight excluding hydrogens is 1080 g/mol.